The van der Waals surface area contributed by atoms with Crippen molar-refractivity contribution in [3.8, 4) is 11.5 Å². The fourth-order valence-electron chi connectivity index (χ4n) is 2.01. The number of nitrogens with one attached hydrogen (secondary N) is 2. The second kappa shape index (κ2) is 5.48. The van der Waals surface area contributed by atoms with Gasteiger partial charge in [-0.3, -0.25) is 4.79 Å². The van der Waals surface area contributed by atoms with E-state index < -0.39 is 0 Å². The topological polar surface area (TPSA) is 59.6 Å². The predicted octanol–water partition coefficient (Wildman–Crippen LogP) is 1.03. The molecule has 0 spiro atoms. The van der Waals surface area contributed by atoms with Crippen molar-refractivity contribution < 1.29 is 14.3 Å². The standard InChI is InChI=1S/C14H18N2O3/c17-14(16-7-10-1-2-10)8-15-6-11-3-4-12-13(5-11)19-9-18-12/h3-5,10,15H,1-2,6-9H2,(H,16,17). The van der Waals surface area contributed by atoms with Gasteiger partial charge in [-0.05, 0) is 36.5 Å². The normalized spacial score (nSPS) is 16.4. The number of carbonyl (C=O) groups is 1. The smallest absolute Gasteiger partial charge is 0.233 e. The Hall–Kier alpha value is -1.75. The van der Waals surface area contributed by atoms with Gasteiger partial charge in [0.2, 0.25) is 12.7 Å². The molecule has 0 bridgehead atoms. The lowest BCUT2D eigenvalue weighted by Crippen LogP contribution is -2.34. The summed E-state index contributed by atoms with van der Waals surface area (Å²) in [6.07, 6.45) is 2.51. The van der Waals surface area contributed by atoms with E-state index in [1.54, 1.807) is 0 Å². The maximum absolute atomic E-state index is 11.5. The molecule has 5 nitrogen and oxygen atoms in total. The van der Waals surface area contributed by atoms with Crippen LogP contribution in [0.25, 0.3) is 0 Å². The van der Waals surface area contributed by atoms with Crippen molar-refractivity contribution >= 4 is 5.91 Å². The third-order valence-electron chi connectivity index (χ3n) is 3.34. The molecule has 3 rings (SSSR count). The van der Waals surface area contributed by atoms with E-state index in [1.165, 1.54) is 12.8 Å². The summed E-state index contributed by atoms with van der Waals surface area (Å²) in [5.74, 6) is 2.34. The first-order valence-electron chi connectivity index (χ1n) is 6.67. The van der Waals surface area contributed by atoms with Gasteiger partial charge in [0.05, 0.1) is 6.54 Å². The molecule has 19 heavy (non-hydrogen) atoms. The molecule has 1 aliphatic carbocycles. The molecule has 0 atom stereocenters. The van der Waals surface area contributed by atoms with Crippen LogP contribution in [0, 0.1) is 5.92 Å². The highest BCUT2D eigenvalue weighted by Crippen LogP contribution is 2.32. The van der Waals surface area contributed by atoms with Gasteiger partial charge in [0.25, 0.3) is 0 Å². The number of hydrogen-bond donors (Lipinski definition) is 2. The number of carbonyl (C=O) groups excluding carboxylic acids is 1. The number of amides is 1. The van der Waals surface area contributed by atoms with Crippen molar-refractivity contribution in [2.45, 2.75) is 19.4 Å². The average molecular weight is 262 g/mol. The molecule has 1 saturated carbocycles. The molecule has 1 aromatic rings. The van der Waals surface area contributed by atoms with Gasteiger partial charge in [-0.25, -0.2) is 0 Å². The van der Waals surface area contributed by atoms with Gasteiger partial charge >= 0.3 is 0 Å². The number of benzene rings is 1. The van der Waals surface area contributed by atoms with E-state index in [9.17, 15) is 4.79 Å². The second-order valence-electron chi connectivity index (χ2n) is 5.04. The van der Waals surface area contributed by atoms with Crippen molar-refractivity contribution in [3.05, 3.63) is 23.8 Å². The predicted molar refractivity (Wildman–Crippen MR) is 70.0 cm³/mol. The highest BCUT2D eigenvalue weighted by atomic mass is 16.7. The Morgan fingerprint density at radius 2 is 2.11 bits per heavy atom. The van der Waals surface area contributed by atoms with E-state index >= 15 is 0 Å². The zero-order chi connectivity index (χ0) is 13.1. The van der Waals surface area contributed by atoms with E-state index in [2.05, 4.69) is 10.6 Å². The first-order valence-corrected chi connectivity index (χ1v) is 6.67. The fourth-order valence-corrected chi connectivity index (χ4v) is 2.01. The van der Waals surface area contributed by atoms with Crippen molar-refractivity contribution in [3.63, 3.8) is 0 Å². The monoisotopic (exact) mass is 262 g/mol. The van der Waals surface area contributed by atoms with Gasteiger partial charge in [-0.2, -0.15) is 0 Å². The average Bonchev–Trinajstić information content (AvgIpc) is 3.13. The maximum Gasteiger partial charge on any atom is 0.233 e. The van der Waals surface area contributed by atoms with Gasteiger partial charge in [-0.15, -0.1) is 0 Å². The van der Waals surface area contributed by atoms with Crippen LogP contribution in [0.4, 0.5) is 0 Å². The van der Waals surface area contributed by atoms with E-state index in [0.29, 0.717) is 13.1 Å². The van der Waals surface area contributed by atoms with Crippen LogP contribution in [0.15, 0.2) is 18.2 Å². The zero-order valence-corrected chi connectivity index (χ0v) is 10.8. The van der Waals surface area contributed by atoms with Gasteiger partial charge < -0.3 is 20.1 Å². The Morgan fingerprint density at radius 3 is 2.95 bits per heavy atom. The molecule has 1 fully saturated rings. The lowest BCUT2D eigenvalue weighted by Gasteiger charge is -2.07. The molecule has 0 unspecified atom stereocenters. The number of hydrogen-bond acceptors (Lipinski definition) is 4. The van der Waals surface area contributed by atoms with Crippen molar-refractivity contribution in [2.75, 3.05) is 19.9 Å². The van der Waals surface area contributed by atoms with E-state index in [1.807, 2.05) is 18.2 Å². The second-order valence-corrected chi connectivity index (χ2v) is 5.04. The molecule has 5 heteroatoms. The summed E-state index contributed by atoms with van der Waals surface area (Å²) >= 11 is 0. The molecular formula is C14H18N2O3. The van der Waals surface area contributed by atoms with Crippen LogP contribution in [-0.4, -0.2) is 25.8 Å². The minimum atomic E-state index is 0.0626. The Balaban J connectivity index is 1.40. The van der Waals surface area contributed by atoms with Crippen LogP contribution in [0.3, 0.4) is 0 Å². The quantitative estimate of drug-likeness (QED) is 0.804. The summed E-state index contributed by atoms with van der Waals surface area (Å²) < 4.78 is 10.6. The van der Waals surface area contributed by atoms with Gasteiger partial charge in [0.15, 0.2) is 11.5 Å². The lowest BCUT2D eigenvalue weighted by atomic mass is 10.2. The first-order chi connectivity index (χ1) is 9.31. The maximum atomic E-state index is 11.5. The number of fused-ring (bicyclic) bond motifs is 1. The molecule has 102 valence electrons. The van der Waals surface area contributed by atoms with Gasteiger partial charge in [-0.1, -0.05) is 6.07 Å². The Bertz CT molecular complexity index is 472. The molecule has 1 amide bonds. The highest BCUT2D eigenvalue weighted by Gasteiger charge is 2.21. The molecule has 1 aliphatic heterocycles. The highest BCUT2D eigenvalue weighted by molar-refractivity contribution is 5.78. The van der Waals surface area contributed by atoms with Crippen molar-refractivity contribution in [1.29, 1.82) is 0 Å². The molecule has 1 aromatic carbocycles. The Morgan fingerprint density at radius 1 is 1.26 bits per heavy atom. The van der Waals surface area contributed by atoms with Crippen molar-refractivity contribution in [2.24, 2.45) is 5.92 Å². The summed E-state index contributed by atoms with van der Waals surface area (Å²) in [6.45, 7) is 2.11. The van der Waals surface area contributed by atoms with Crippen LogP contribution in [0.1, 0.15) is 18.4 Å². The minimum absolute atomic E-state index is 0.0626. The Kier molecular flexibility index (Phi) is 3.55. The molecular weight excluding hydrogens is 244 g/mol. The van der Waals surface area contributed by atoms with Crippen LogP contribution in [0.5, 0.6) is 11.5 Å². The molecule has 0 saturated heterocycles. The largest absolute Gasteiger partial charge is 0.454 e. The third-order valence-corrected chi connectivity index (χ3v) is 3.34. The van der Waals surface area contributed by atoms with Gasteiger partial charge in [0.1, 0.15) is 0 Å². The summed E-state index contributed by atoms with van der Waals surface area (Å²) in [7, 11) is 0. The van der Waals surface area contributed by atoms with E-state index in [0.717, 1.165) is 29.5 Å². The molecule has 1 heterocycles. The third kappa shape index (κ3) is 3.38. The number of rotatable bonds is 6. The molecule has 0 aromatic heterocycles. The summed E-state index contributed by atoms with van der Waals surface area (Å²) in [5.41, 5.74) is 1.08. The zero-order valence-electron chi connectivity index (χ0n) is 10.8. The summed E-state index contributed by atoms with van der Waals surface area (Å²) in [4.78, 5) is 11.5. The van der Waals surface area contributed by atoms with E-state index in [4.69, 9.17) is 9.47 Å². The fraction of sp³-hybridized carbons (Fsp3) is 0.500. The first kappa shape index (κ1) is 12.3. The molecule has 0 radical (unpaired) electrons. The van der Waals surface area contributed by atoms with Gasteiger partial charge in [0, 0.05) is 13.1 Å². The van der Waals surface area contributed by atoms with Crippen molar-refractivity contribution in [1.82, 2.24) is 10.6 Å². The SMILES string of the molecule is O=C(CNCc1ccc2c(c1)OCO2)NCC1CC1. The van der Waals surface area contributed by atoms with Crippen LogP contribution in [0.2, 0.25) is 0 Å². The lowest BCUT2D eigenvalue weighted by molar-refractivity contribution is -0.120. The molecule has 2 N–H and O–H groups in total. The van der Waals surface area contributed by atoms with Crippen LogP contribution in [-0.2, 0) is 11.3 Å². The number of ether oxygens (including phenoxy) is 2. The van der Waals surface area contributed by atoms with Crippen LogP contribution >= 0.6 is 0 Å². The molecule has 2 aliphatic rings. The Labute approximate surface area is 112 Å². The minimum Gasteiger partial charge on any atom is -0.454 e. The van der Waals surface area contributed by atoms with E-state index in [-0.39, 0.29) is 12.7 Å². The summed E-state index contributed by atoms with van der Waals surface area (Å²) in [5, 5.41) is 6.05. The van der Waals surface area contributed by atoms with Crippen LogP contribution < -0.4 is 20.1 Å². The summed E-state index contributed by atoms with van der Waals surface area (Å²) in [6, 6.07) is 5.81.